The van der Waals surface area contributed by atoms with Crippen molar-refractivity contribution in [2.75, 3.05) is 29.6 Å². The van der Waals surface area contributed by atoms with Crippen LogP contribution < -0.4 is 10.2 Å². The molecule has 5 nitrogen and oxygen atoms in total. The molecule has 1 aromatic heterocycles. The fourth-order valence-corrected chi connectivity index (χ4v) is 3.19. The highest BCUT2D eigenvalue weighted by atomic mass is 32.2. The van der Waals surface area contributed by atoms with Crippen molar-refractivity contribution in [2.24, 2.45) is 0 Å². The van der Waals surface area contributed by atoms with E-state index in [0.717, 1.165) is 15.2 Å². The molecule has 0 radical (unpaired) electrons. The Morgan fingerprint density at radius 2 is 2.19 bits per heavy atom. The van der Waals surface area contributed by atoms with Crippen LogP contribution in [0.1, 0.15) is 0 Å². The molecule has 0 spiro atoms. The molecular weight excluding hydrogens is 304 g/mol. The molecule has 0 aliphatic rings. The van der Waals surface area contributed by atoms with Gasteiger partial charge in [0.1, 0.15) is 0 Å². The summed E-state index contributed by atoms with van der Waals surface area (Å²) in [6, 6.07) is 9.56. The van der Waals surface area contributed by atoms with Crippen molar-refractivity contribution in [3.8, 4) is 0 Å². The van der Waals surface area contributed by atoms with Gasteiger partial charge in [-0.2, -0.15) is 0 Å². The second kappa shape index (κ2) is 7.80. The number of hydrogen-bond acceptors (Lipinski definition) is 6. The molecule has 2 rings (SSSR count). The average molecular weight is 320 g/mol. The van der Waals surface area contributed by atoms with Gasteiger partial charge in [0.15, 0.2) is 4.34 Å². The predicted octanol–water partition coefficient (Wildman–Crippen LogP) is 2.89. The number of thioether (sulfide) groups is 1. The standard InChI is InChI=1S/C14H16N4OS2/c1-3-9-15-13-16-17-14(21-13)20-10-12(19)18(2)11-7-5-4-6-8-11/h3-8H,1,9-10H2,2H3,(H,15,16). The summed E-state index contributed by atoms with van der Waals surface area (Å²) >= 11 is 2.83. The Hall–Kier alpha value is -1.86. The van der Waals surface area contributed by atoms with Crippen molar-refractivity contribution in [1.29, 1.82) is 0 Å². The van der Waals surface area contributed by atoms with Gasteiger partial charge in [0.2, 0.25) is 11.0 Å². The Morgan fingerprint density at radius 3 is 2.90 bits per heavy atom. The van der Waals surface area contributed by atoms with Crippen LogP contribution in [0, 0.1) is 0 Å². The minimum Gasteiger partial charge on any atom is -0.357 e. The van der Waals surface area contributed by atoms with Gasteiger partial charge in [0, 0.05) is 19.3 Å². The molecule has 1 heterocycles. The van der Waals surface area contributed by atoms with Gasteiger partial charge in [-0.1, -0.05) is 47.4 Å². The van der Waals surface area contributed by atoms with E-state index in [1.807, 2.05) is 30.3 Å². The molecule has 0 atom stereocenters. The number of hydrogen-bond donors (Lipinski definition) is 1. The van der Waals surface area contributed by atoms with Gasteiger partial charge in [0.05, 0.1) is 5.75 Å². The zero-order valence-corrected chi connectivity index (χ0v) is 13.3. The lowest BCUT2D eigenvalue weighted by Gasteiger charge is -2.16. The molecule has 0 bridgehead atoms. The maximum absolute atomic E-state index is 12.1. The van der Waals surface area contributed by atoms with E-state index in [2.05, 4.69) is 22.1 Å². The SMILES string of the molecule is C=CCNc1nnc(SCC(=O)N(C)c2ccccc2)s1. The largest absolute Gasteiger partial charge is 0.357 e. The molecule has 0 fully saturated rings. The number of anilines is 2. The minimum absolute atomic E-state index is 0.0296. The van der Waals surface area contributed by atoms with Crippen LogP contribution in [0.15, 0.2) is 47.3 Å². The van der Waals surface area contributed by atoms with Crippen LogP contribution in [0.2, 0.25) is 0 Å². The maximum Gasteiger partial charge on any atom is 0.237 e. The van der Waals surface area contributed by atoms with Crippen molar-refractivity contribution >= 4 is 39.8 Å². The van der Waals surface area contributed by atoms with Crippen LogP contribution in [-0.2, 0) is 4.79 Å². The monoisotopic (exact) mass is 320 g/mol. The van der Waals surface area contributed by atoms with E-state index in [-0.39, 0.29) is 5.91 Å². The number of nitrogens with zero attached hydrogens (tertiary/aromatic N) is 3. The number of carbonyl (C=O) groups is 1. The molecule has 0 saturated carbocycles. The second-order valence-corrected chi connectivity index (χ2v) is 6.32. The molecule has 21 heavy (non-hydrogen) atoms. The van der Waals surface area contributed by atoms with Crippen molar-refractivity contribution in [3.63, 3.8) is 0 Å². The van der Waals surface area contributed by atoms with Gasteiger partial charge in [-0.25, -0.2) is 0 Å². The number of amides is 1. The van der Waals surface area contributed by atoms with E-state index in [9.17, 15) is 4.79 Å². The summed E-state index contributed by atoms with van der Waals surface area (Å²) in [5, 5.41) is 11.8. The lowest BCUT2D eigenvalue weighted by atomic mass is 10.3. The Labute approximate surface area is 132 Å². The second-order valence-electron chi connectivity index (χ2n) is 4.12. The highest BCUT2D eigenvalue weighted by Gasteiger charge is 2.12. The van der Waals surface area contributed by atoms with Crippen LogP contribution in [0.5, 0.6) is 0 Å². The summed E-state index contributed by atoms with van der Waals surface area (Å²) in [5.41, 5.74) is 0.883. The third-order valence-corrected chi connectivity index (χ3v) is 4.64. The molecule has 0 unspecified atom stereocenters. The van der Waals surface area contributed by atoms with E-state index in [4.69, 9.17) is 0 Å². The Kier molecular flexibility index (Phi) is 5.77. The van der Waals surface area contributed by atoms with E-state index < -0.39 is 0 Å². The van der Waals surface area contributed by atoms with E-state index in [1.165, 1.54) is 23.1 Å². The summed E-state index contributed by atoms with van der Waals surface area (Å²) < 4.78 is 0.774. The first-order chi connectivity index (χ1) is 10.2. The normalized spacial score (nSPS) is 10.1. The van der Waals surface area contributed by atoms with Crippen LogP contribution in [0.25, 0.3) is 0 Å². The highest BCUT2D eigenvalue weighted by molar-refractivity contribution is 8.01. The predicted molar refractivity (Wildman–Crippen MR) is 89.2 cm³/mol. The fourth-order valence-electron chi connectivity index (χ4n) is 1.51. The molecule has 1 amide bonds. The van der Waals surface area contributed by atoms with Gasteiger partial charge in [-0.05, 0) is 12.1 Å². The first-order valence-electron chi connectivity index (χ1n) is 6.33. The lowest BCUT2D eigenvalue weighted by Crippen LogP contribution is -2.27. The highest BCUT2D eigenvalue weighted by Crippen LogP contribution is 2.26. The Balaban J connectivity index is 1.86. The number of rotatable bonds is 7. The smallest absolute Gasteiger partial charge is 0.237 e. The maximum atomic E-state index is 12.1. The van der Waals surface area contributed by atoms with Crippen LogP contribution in [0.3, 0.4) is 0 Å². The van der Waals surface area contributed by atoms with Crippen LogP contribution >= 0.6 is 23.1 Å². The number of benzene rings is 1. The molecule has 1 N–H and O–H groups in total. The number of nitrogens with one attached hydrogen (secondary N) is 1. The molecule has 110 valence electrons. The zero-order valence-electron chi connectivity index (χ0n) is 11.7. The van der Waals surface area contributed by atoms with Crippen LogP contribution in [0.4, 0.5) is 10.8 Å². The molecule has 0 aliphatic heterocycles. The van der Waals surface area contributed by atoms with E-state index in [0.29, 0.717) is 12.3 Å². The third-order valence-electron chi connectivity index (χ3n) is 2.64. The Bertz CT molecular complexity index is 600. The number of aromatic nitrogens is 2. The molecule has 0 aliphatic carbocycles. The van der Waals surface area contributed by atoms with Crippen molar-refractivity contribution in [1.82, 2.24) is 10.2 Å². The average Bonchev–Trinajstić information content (AvgIpc) is 2.98. The number of carbonyl (C=O) groups excluding carboxylic acids is 1. The molecule has 0 saturated heterocycles. The Morgan fingerprint density at radius 1 is 1.43 bits per heavy atom. The minimum atomic E-state index is 0.0296. The van der Waals surface area contributed by atoms with Gasteiger partial charge in [-0.3, -0.25) is 4.79 Å². The summed E-state index contributed by atoms with van der Waals surface area (Å²) in [6.45, 7) is 4.28. The van der Waals surface area contributed by atoms with Crippen molar-refractivity contribution in [2.45, 2.75) is 4.34 Å². The van der Waals surface area contributed by atoms with Gasteiger partial charge in [-0.15, -0.1) is 16.8 Å². The summed E-state index contributed by atoms with van der Waals surface area (Å²) in [6.07, 6.45) is 1.76. The van der Waals surface area contributed by atoms with Gasteiger partial charge >= 0.3 is 0 Å². The first kappa shape index (κ1) is 15.5. The van der Waals surface area contributed by atoms with Crippen molar-refractivity contribution in [3.05, 3.63) is 43.0 Å². The topological polar surface area (TPSA) is 58.1 Å². The lowest BCUT2D eigenvalue weighted by molar-refractivity contribution is -0.115. The summed E-state index contributed by atoms with van der Waals surface area (Å²) in [4.78, 5) is 13.8. The molecule has 1 aromatic carbocycles. The third kappa shape index (κ3) is 4.57. The summed E-state index contributed by atoms with van der Waals surface area (Å²) in [7, 11) is 1.77. The van der Waals surface area contributed by atoms with Gasteiger partial charge < -0.3 is 10.2 Å². The molecular formula is C14H16N4OS2. The van der Waals surface area contributed by atoms with Crippen LogP contribution in [-0.4, -0.2) is 35.4 Å². The fraction of sp³-hybridized carbons (Fsp3) is 0.214. The summed E-state index contributed by atoms with van der Waals surface area (Å²) in [5.74, 6) is 0.364. The molecule has 7 heteroatoms. The molecule has 2 aromatic rings. The quantitative estimate of drug-likeness (QED) is 0.628. The van der Waals surface area contributed by atoms with E-state index >= 15 is 0 Å². The number of para-hydroxylation sites is 1. The zero-order chi connectivity index (χ0) is 15.1. The van der Waals surface area contributed by atoms with Gasteiger partial charge in [0.25, 0.3) is 0 Å². The van der Waals surface area contributed by atoms with E-state index in [1.54, 1.807) is 18.0 Å². The van der Waals surface area contributed by atoms with Crippen molar-refractivity contribution < 1.29 is 4.79 Å². The first-order valence-corrected chi connectivity index (χ1v) is 8.13.